The lowest BCUT2D eigenvalue weighted by Crippen LogP contribution is -2.46. The molecule has 2 fully saturated rings. The van der Waals surface area contributed by atoms with Gasteiger partial charge in [-0.1, -0.05) is 0 Å². The number of amides is 3. The SMILES string of the molecule is Cc1ccc(CN(C(=O)[C@H]2CNC(=O)N2)C2CC2)o1. The molecule has 1 aromatic rings. The zero-order chi connectivity index (χ0) is 13.4. The molecule has 6 heteroatoms. The van der Waals surface area contributed by atoms with E-state index in [9.17, 15) is 9.59 Å². The summed E-state index contributed by atoms with van der Waals surface area (Å²) in [5.74, 6) is 1.60. The lowest BCUT2D eigenvalue weighted by Gasteiger charge is -2.24. The van der Waals surface area contributed by atoms with Gasteiger partial charge in [-0.15, -0.1) is 0 Å². The minimum atomic E-state index is -0.454. The number of nitrogens with one attached hydrogen (secondary N) is 2. The molecule has 0 radical (unpaired) electrons. The van der Waals surface area contributed by atoms with E-state index in [1.54, 1.807) is 0 Å². The minimum Gasteiger partial charge on any atom is -0.464 e. The fraction of sp³-hybridized carbons (Fsp3) is 0.538. The maximum absolute atomic E-state index is 12.4. The molecule has 1 aliphatic heterocycles. The Kier molecular flexibility index (Phi) is 2.93. The van der Waals surface area contributed by atoms with E-state index in [0.717, 1.165) is 24.4 Å². The zero-order valence-corrected chi connectivity index (χ0v) is 10.8. The summed E-state index contributed by atoms with van der Waals surface area (Å²) in [5, 5.41) is 5.25. The zero-order valence-electron chi connectivity index (χ0n) is 10.8. The van der Waals surface area contributed by atoms with Crippen LogP contribution in [0.2, 0.25) is 0 Å². The third-order valence-corrected chi connectivity index (χ3v) is 3.46. The Bertz CT molecular complexity index is 507. The van der Waals surface area contributed by atoms with Crippen LogP contribution in [0.1, 0.15) is 24.4 Å². The molecular weight excluding hydrogens is 246 g/mol. The largest absolute Gasteiger partial charge is 0.464 e. The van der Waals surface area contributed by atoms with Gasteiger partial charge < -0.3 is 20.0 Å². The second-order valence-electron chi connectivity index (χ2n) is 5.12. The van der Waals surface area contributed by atoms with Crippen molar-refractivity contribution in [3.8, 4) is 0 Å². The van der Waals surface area contributed by atoms with Crippen LogP contribution >= 0.6 is 0 Å². The summed E-state index contributed by atoms with van der Waals surface area (Å²) in [6.07, 6.45) is 2.05. The standard InChI is InChI=1S/C13H17N3O3/c1-8-2-5-10(19-8)7-16(9-3-4-9)12(17)11-6-14-13(18)15-11/h2,5,9,11H,3-4,6-7H2,1H3,(H2,14,15,18)/t11-/m1/s1. The van der Waals surface area contributed by atoms with Crippen LogP contribution in [0.4, 0.5) is 4.79 Å². The highest BCUT2D eigenvalue weighted by molar-refractivity contribution is 5.90. The van der Waals surface area contributed by atoms with E-state index in [-0.39, 0.29) is 18.0 Å². The highest BCUT2D eigenvalue weighted by Gasteiger charge is 2.38. The van der Waals surface area contributed by atoms with Gasteiger partial charge in [0, 0.05) is 12.6 Å². The Morgan fingerprint density at radius 1 is 1.47 bits per heavy atom. The van der Waals surface area contributed by atoms with Crippen molar-refractivity contribution >= 4 is 11.9 Å². The molecule has 1 saturated heterocycles. The molecule has 0 spiro atoms. The lowest BCUT2D eigenvalue weighted by molar-refractivity contribution is -0.134. The average Bonchev–Trinajstić information content (AvgIpc) is 3.00. The molecule has 2 N–H and O–H groups in total. The molecule has 0 bridgehead atoms. The number of rotatable bonds is 4. The molecule has 2 heterocycles. The number of carbonyl (C=O) groups is 2. The second-order valence-corrected chi connectivity index (χ2v) is 5.12. The van der Waals surface area contributed by atoms with E-state index in [4.69, 9.17) is 4.42 Å². The van der Waals surface area contributed by atoms with Crippen molar-refractivity contribution in [1.82, 2.24) is 15.5 Å². The summed E-state index contributed by atoms with van der Waals surface area (Å²) >= 11 is 0. The maximum atomic E-state index is 12.4. The number of hydrogen-bond donors (Lipinski definition) is 2. The van der Waals surface area contributed by atoms with Gasteiger partial charge in [-0.05, 0) is 31.9 Å². The fourth-order valence-corrected chi connectivity index (χ4v) is 2.32. The summed E-state index contributed by atoms with van der Waals surface area (Å²) in [5.41, 5.74) is 0. The van der Waals surface area contributed by atoms with Gasteiger partial charge in [0.25, 0.3) is 0 Å². The van der Waals surface area contributed by atoms with Crippen molar-refractivity contribution in [1.29, 1.82) is 0 Å². The van der Waals surface area contributed by atoms with Crippen LogP contribution in [-0.2, 0) is 11.3 Å². The third kappa shape index (κ3) is 2.57. The molecule has 2 aliphatic rings. The summed E-state index contributed by atoms with van der Waals surface area (Å²) < 4.78 is 5.53. The fourth-order valence-electron chi connectivity index (χ4n) is 2.32. The van der Waals surface area contributed by atoms with Gasteiger partial charge in [-0.3, -0.25) is 4.79 Å². The molecule has 0 aromatic carbocycles. The van der Waals surface area contributed by atoms with E-state index >= 15 is 0 Å². The normalized spacial score (nSPS) is 21.9. The Labute approximate surface area is 111 Å². The molecule has 3 amide bonds. The highest BCUT2D eigenvalue weighted by Crippen LogP contribution is 2.29. The lowest BCUT2D eigenvalue weighted by atomic mass is 10.2. The first-order chi connectivity index (χ1) is 9.13. The van der Waals surface area contributed by atoms with Gasteiger partial charge in [-0.2, -0.15) is 0 Å². The van der Waals surface area contributed by atoms with Crippen LogP contribution in [-0.4, -0.2) is 35.5 Å². The Morgan fingerprint density at radius 3 is 2.79 bits per heavy atom. The maximum Gasteiger partial charge on any atom is 0.315 e. The van der Waals surface area contributed by atoms with Gasteiger partial charge >= 0.3 is 6.03 Å². The number of nitrogens with zero attached hydrogens (tertiary/aromatic N) is 1. The molecule has 1 aliphatic carbocycles. The van der Waals surface area contributed by atoms with Crippen LogP contribution in [0.25, 0.3) is 0 Å². The predicted molar refractivity (Wildman–Crippen MR) is 67.3 cm³/mol. The van der Waals surface area contributed by atoms with Gasteiger partial charge in [0.1, 0.15) is 17.6 Å². The van der Waals surface area contributed by atoms with E-state index < -0.39 is 6.04 Å². The topological polar surface area (TPSA) is 74.6 Å². The first-order valence-corrected chi connectivity index (χ1v) is 6.53. The Morgan fingerprint density at radius 2 is 2.26 bits per heavy atom. The number of furan rings is 1. The average molecular weight is 263 g/mol. The van der Waals surface area contributed by atoms with E-state index in [0.29, 0.717) is 13.1 Å². The van der Waals surface area contributed by atoms with Crippen molar-refractivity contribution in [2.45, 2.75) is 38.4 Å². The van der Waals surface area contributed by atoms with Gasteiger partial charge in [0.15, 0.2) is 0 Å². The Balaban J connectivity index is 1.70. The second kappa shape index (κ2) is 4.60. The summed E-state index contributed by atoms with van der Waals surface area (Å²) in [7, 11) is 0. The van der Waals surface area contributed by atoms with E-state index in [1.807, 2.05) is 24.0 Å². The summed E-state index contributed by atoms with van der Waals surface area (Å²) in [4.78, 5) is 25.3. The minimum absolute atomic E-state index is 0.0325. The van der Waals surface area contributed by atoms with Gasteiger partial charge in [0.2, 0.25) is 5.91 Å². The molecule has 102 valence electrons. The van der Waals surface area contributed by atoms with Crippen molar-refractivity contribution in [2.24, 2.45) is 0 Å². The molecule has 1 saturated carbocycles. The van der Waals surface area contributed by atoms with E-state index in [1.165, 1.54) is 0 Å². The predicted octanol–water partition coefficient (Wildman–Crippen LogP) is 0.760. The first kappa shape index (κ1) is 12.1. The molecule has 3 rings (SSSR count). The molecule has 6 nitrogen and oxygen atoms in total. The van der Waals surface area contributed by atoms with Gasteiger partial charge in [0.05, 0.1) is 6.54 Å². The summed E-state index contributed by atoms with van der Waals surface area (Å²) in [6.45, 7) is 2.72. The highest BCUT2D eigenvalue weighted by atomic mass is 16.3. The smallest absolute Gasteiger partial charge is 0.315 e. The number of carbonyl (C=O) groups excluding carboxylic acids is 2. The van der Waals surface area contributed by atoms with Crippen LogP contribution in [0, 0.1) is 6.92 Å². The quantitative estimate of drug-likeness (QED) is 0.842. The van der Waals surface area contributed by atoms with E-state index in [2.05, 4.69) is 10.6 Å². The van der Waals surface area contributed by atoms with Crippen LogP contribution < -0.4 is 10.6 Å². The van der Waals surface area contributed by atoms with Crippen molar-refractivity contribution in [3.63, 3.8) is 0 Å². The number of aryl methyl sites for hydroxylation is 1. The molecular formula is C13H17N3O3. The van der Waals surface area contributed by atoms with Crippen molar-refractivity contribution < 1.29 is 14.0 Å². The molecule has 0 unspecified atom stereocenters. The number of hydrogen-bond acceptors (Lipinski definition) is 3. The Hall–Kier alpha value is -1.98. The van der Waals surface area contributed by atoms with Crippen LogP contribution in [0.3, 0.4) is 0 Å². The van der Waals surface area contributed by atoms with Crippen molar-refractivity contribution in [2.75, 3.05) is 6.54 Å². The van der Waals surface area contributed by atoms with Crippen molar-refractivity contribution in [3.05, 3.63) is 23.7 Å². The molecule has 1 aromatic heterocycles. The molecule has 19 heavy (non-hydrogen) atoms. The van der Waals surface area contributed by atoms with Gasteiger partial charge in [-0.25, -0.2) is 4.79 Å². The molecule has 1 atom stereocenters. The first-order valence-electron chi connectivity index (χ1n) is 6.53. The van der Waals surface area contributed by atoms with Crippen LogP contribution in [0.15, 0.2) is 16.5 Å². The monoisotopic (exact) mass is 263 g/mol. The summed E-state index contributed by atoms with van der Waals surface area (Å²) in [6, 6.07) is 3.34. The third-order valence-electron chi connectivity index (χ3n) is 3.46. The van der Waals surface area contributed by atoms with Crippen LogP contribution in [0.5, 0.6) is 0 Å². The number of urea groups is 1.